The van der Waals surface area contributed by atoms with Crippen molar-refractivity contribution < 1.29 is 19.4 Å². The maximum absolute atomic E-state index is 13.4. The van der Waals surface area contributed by atoms with Gasteiger partial charge in [0.2, 0.25) is 0 Å². The minimum Gasteiger partial charge on any atom is -0.478 e. The van der Waals surface area contributed by atoms with Crippen molar-refractivity contribution in [3.05, 3.63) is 120 Å². The van der Waals surface area contributed by atoms with Gasteiger partial charge in [0.15, 0.2) is 0 Å². The molecule has 5 nitrogen and oxygen atoms in total. The Labute approximate surface area is 191 Å². The van der Waals surface area contributed by atoms with E-state index >= 15 is 0 Å². The van der Waals surface area contributed by atoms with Gasteiger partial charge in [0, 0.05) is 5.92 Å². The van der Waals surface area contributed by atoms with Crippen LogP contribution in [0.25, 0.3) is 11.1 Å². The summed E-state index contributed by atoms with van der Waals surface area (Å²) < 4.78 is 5.84. The molecule has 4 aromatic rings. The van der Waals surface area contributed by atoms with Gasteiger partial charge in [0.1, 0.15) is 6.61 Å². The van der Waals surface area contributed by atoms with Crippen LogP contribution < -0.4 is 4.90 Å². The van der Waals surface area contributed by atoms with E-state index in [2.05, 4.69) is 24.3 Å². The number of carboxylic acid groups (broad SMARTS) is 1. The van der Waals surface area contributed by atoms with Gasteiger partial charge in [-0.25, -0.2) is 14.5 Å². The lowest BCUT2D eigenvalue weighted by atomic mass is 9.98. The fourth-order valence-electron chi connectivity index (χ4n) is 4.43. The number of hydrogen-bond acceptors (Lipinski definition) is 3. The molecule has 33 heavy (non-hydrogen) atoms. The molecular formula is C28H21NO4. The number of carboxylic acids is 1. The Kier molecular flexibility index (Phi) is 5.37. The second-order valence-electron chi connectivity index (χ2n) is 7.80. The van der Waals surface area contributed by atoms with Crippen LogP contribution in [0.4, 0.5) is 16.2 Å². The average molecular weight is 435 g/mol. The van der Waals surface area contributed by atoms with Crippen LogP contribution in [-0.2, 0) is 4.74 Å². The third-order valence-corrected chi connectivity index (χ3v) is 5.91. The van der Waals surface area contributed by atoms with Gasteiger partial charge in [-0.1, -0.05) is 78.9 Å². The first-order valence-electron chi connectivity index (χ1n) is 10.7. The largest absolute Gasteiger partial charge is 0.478 e. The van der Waals surface area contributed by atoms with Gasteiger partial charge < -0.3 is 9.84 Å². The molecule has 0 unspecified atom stereocenters. The lowest BCUT2D eigenvalue weighted by Gasteiger charge is -2.25. The highest BCUT2D eigenvalue weighted by atomic mass is 16.6. The van der Waals surface area contributed by atoms with Gasteiger partial charge in [0.05, 0.1) is 16.9 Å². The number of fused-ring (bicyclic) bond motifs is 3. The van der Waals surface area contributed by atoms with E-state index in [1.165, 1.54) is 11.0 Å². The number of aromatic carboxylic acids is 1. The van der Waals surface area contributed by atoms with E-state index in [-0.39, 0.29) is 23.8 Å². The fraction of sp³-hybridized carbons (Fsp3) is 0.0714. The molecule has 1 aliphatic carbocycles. The van der Waals surface area contributed by atoms with Crippen LogP contribution in [0.2, 0.25) is 0 Å². The zero-order valence-corrected chi connectivity index (χ0v) is 17.7. The van der Waals surface area contributed by atoms with E-state index in [1.807, 2.05) is 30.3 Å². The molecule has 5 heteroatoms. The second kappa shape index (κ2) is 8.63. The minimum absolute atomic E-state index is 0.0230. The van der Waals surface area contributed by atoms with E-state index in [0.717, 1.165) is 22.3 Å². The molecule has 0 atom stereocenters. The highest BCUT2D eigenvalue weighted by Gasteiger charge is 2.31. The quantitative estimate of drug-likeness (QED) is 0.390. The number of carbonyl (C=O) groups excluding carboxylic acids is 1. The van der Waals surface area contributed by atoms with Crippen molar-refractivity contribution in [2.45, 2.75) is 5.92 Å². The molecule has 0 radical (unpaired) electrons. The first-order chi connectivity index (χ1) is 16.1. The summed E-state index contributed by atoms with van der Waals surface area (Å²) in [5.74, 6) is -1.20. The number of hydrogen-bond donors (Lipinski definition) is 1. The summed E-state index contributed by atoms with van der Waals surface area (Å²) in [7, 11) is 0. The summed E-state index contributed by atoms with van der Waals surface area (Å²) in [4.78, 5) is 26.6. The van der Waals surface area contributed by atoms with Crippen molar-refractivity contribution >= 4 is 23.4 Å². The van der Waals surface area contributed by atoms with Crippen molar-refractivity contribution in [2.75, 3.05) is 11.5 Å². The van der Waals surface area contributed by atoms with Crippen LogP contribution in [0.1, 0.15) is 27.4 Å². The lowest BCUT2D eigenvalue weighted by molar-refractivity contribution is 0.0698. The van der Waals surface area contributed by atoms with E-state index in [9.17, 15) is 14.7 Å². The third-order valence-electron chi connectivity index (χ3n) is 5.91. The molecule has 4 aromatic carbocycles. The summed E-state index contributed by atoms with van der Waals surface area (Å²) in [5, 5.41) is 9.69. The number of anilines is 2. The molecule has 0 bridgehead atoms. The second-order valence-corrected chi connectivity index (χ2v) is 7.80. The molecular weight excluding hydrogens is 414 g/mol. The fourth-order valence-corrected chi connectivity index (χ4v) is 4.43. The Morgan fingerprint density at radius 2 is 1.27 bits per heavy atom. The first kappa shape index (κ1) is 20.5. The van der Waals surface area contributed by atoms with E-state index in [0.29, 0.717) is 5.69 Å². The van der Waals surface area contributed by atoms with E-state index in [1.54, 1.807) is 42.5 Å². The Morgan fingerprint density at radius 1 is 0.727 bits per heavy atom. The van der Waals surface area contributed by atoms with Crippen LogP contribution in [0, 0.1) is 0 Å². The molecule has 1 N–H and O–H groups in total. The number of para-hydroxylation sites is 2. The predicted molar refractivity (Wildman–Crippen MR) is 127 cm³/mol. The summed E-state index contributed by atoms with van der Waals surface area (Å²) in [6, 6.07) is 31.6. The molecule has 0 fully saturated rings. The highest BCUT2D eigenvalue weighted by molar-refractivity contribution is 6.04. The monoisotopic (exact) mass is 435 g/mol. The molecule has 0 aromatic heterocycles. The average Bonchev–Trinajstić information content (AvgIpc) is 3.17. The Balaban J connectivity index is 1.48. The molecule has 0 spiro atoms. The highest BCUT2D eigenvalue weighted by Crippen LogP contribution is 2.44. The number of rotatable bonds is 5. The van der Waals surface area contributed by atoms with Crippen LogP contribution in [0.3, 0.4) is 0 Å². The number of amides is 1. The molecule has 0 saturated carbocycles. The maximum Gasteiger partial charge on any atom is 0.418 e. The van der Waals surface area contributed by atoms with Crippen LogP contribution in [0.5, 0.6) is 0 Å². The zero-order chi connectivity index (χ0) is 22.8. The van der Waals surface area contributed by atoms with Crippen LogP contribution in [-0.4, -0.2) is 23.8 Å². The van der Waals surface area contributed by atoms with Crippen LogP contribution >= 0.6 is 0 Å². The Hall–Kier alpha value is -4.38. The SMILES string of the molecule is O=C(O)c1ccccc1N(C(=O)OCC1c2ccccc2-c2ccccc21)c1ccccc1. The smallest absolute Gasteiger partial charge is 0.418 e. The summed E-state index contributed by atoms with van der Waals surface area (Å²) in [6.07, 6.45) is -0.628. The zero-order valence-electron chi connectivity index (χ0n) is 17.7. The molecule has 1 aliphatic rings. The lowest BCUT2D eigenvalue weighted by Crippen LogP contribution is -2.29. The van der Waals surface area contributed by atoms with Crippen LogP contribution in [0.15, 0.2) is 103 Å². The third kappa shape index (κ3) is 3.74. The first-order valence-corrected chi connectivity index (χ1v) is 10.7. The van der Waals surface area contributed by atoms with Crippen molar-refractivity contribution in [3.8, 4) is 11.1 Å². The van der Waals surface area contributed by atoms with Gasteiger partial charge in [-0.3, -0.25) is 0 Å². The Morgan fingerprint density at radius 3 is 1.91 bits per heavy atom. The predicted octanol–water partition coefficient (Wildman–Crippen LogP) is 6.47. The summed E-state index contributed by atoms with van der Waals surface area (Å²) >= 11 is 0. The molecule has 162 valence electrons. The molecule has 1 amide bonds. The van der Waals surface area contributed by atoms with Crippen molar-refractivity contribution in [1.29, 1.82) is 0 Å². The van der Waals surface area contributed by atoms with E-state index in [4.69, 9.17) is 4.74 Å². The number of benzene rings is 4. The van der Waals surface area contributed by atoms with Gasteiger partial charge in [-0.2, -0.15) is 0 Å². The van der Waals surface area contributed by atoms with Crippen molar-refractivity contribution in [2.24, 2.45) is 0 Å². The number of carbonyl (C=O) groups is 2. The van der Waals surface area contributed by atoms with E-state index < -0.39 is 12.1 Å². The maximum atomic E-state index is 13.4. The molecule has 5 rings (SSSR count). The molecule has 0 aliphatic heterocycles. The molecule has 0 saturated heterocycles. The summed E-state index contributed by atoms with van der Waals surface area (Å²) in [5.41, 5.74) is 5.33. The molecule has 0 heterocycles. The minimum atomic E-state index is -1.11. The van der Waals surface area contributed by atoms with Crippen molar-refractivity contribution in [3.63, 3.8) is 0 Å². The topological polar surface area (TPSA) is 66.8 Å². The van der Waals surface area contributed by atoms with Gasteiger partial charge in [-0.15, -0.1) is 0 Å². The van der Waals surface area contributed by atoms with Gasteiger partial charge >= 0.3 is 12.1 Å². The normalized spacial score (nSPS) is 12.0. The summed E-state index contributed by atoms with van der Waals surface area (Å²) in [6.45, 7) is 0.144. The number of ether oxygens (including phenoxy) is 1. The Bertz CT molecular complexity index is 1290. The van der Waals surface area contributed by atoms with Gasteiger partial charge in [-0.05, 0) is 46.5 Å². The van der Waals surface area contributed by atoms with Gasteiger partial charge in [0.25, 0.3) is 0 Å². The van der Waals surface area contributed by atoms with Crippen molar-refractivity contribution in [1.82, 2.24) is 0 Å². The standard InChI is InChI=1S/C28H21NO4/c30-27(31)24-16-8-9-17-26(24)29(19-10-2-1-3-11-19)28(32)33-18-25-22-14-6-4-12-20(22)21-13-5-7-15-23(21)25/h1-17,25H,18H2,(H,30,31). The number of nitrogens with zero attached hydrogens (tertiary/aromatic N) is 1.